The molecule has 9 heteroatoms. The number of methoxy groups -OCH3 is 1. The summed E-state index contributed by atoms with van der Waals surface area (Å²) in [5, 5.41) is 0. The van der Waals surface area contributed by atoms with Crippen LogP contribution in [0.1, 0.15) is 11.1 Å². The van der Waals surface area contributed by atoms with Crippen molar-refractivity contribution in [3.05, 3.63) is 102 Å². The van der Waals surface area contributed by atoms with E-state index in [4.69, 9.17) is 28.4 Å². The molecular formula is C29H32O8S. The molecule has 2 fully saturated rings. The zero-order valence-corrected chi connectivity index (χ0v) is 21.9. The molecule has 2 heterocycles. The summed E-state index contributed by atoms with van der Waals surface area (Å²) < 4.78 is 62.6. The van der Waals surface area contributed by atoms with Gasteiger partial charge in [-0.05, 0) is 23.3 Å². The average Bonchev–Trinajstić information content (AvgIpc) is 2.96. The summed E-state index contributed by atoms with van der Waals surface area (Å²) in [6, 6.07) is 27.9. The fourth-order valence-electron chi connectivity index (χ4n) is 4.67. The molecule has 0 saturated carbocycles. The minimum Gasteiger partial charge on any atom is -0.368 e. The van der Waals surface area contributed by atoms with Crippen molar-refractivity contribution in [1.29, 1.82) is 0 Å². The van der Waals surface area contributed by atoms with Crippen molar-refractivity contribution in [2.24, 2.45) is 0 Å². The van der Waals surface area contributed by atoms with Gasteiger partial charge in [0.15, 0.2) is 22.4 Å². The highest BCUT2D eigenvalue weighted by atomic mass is 32.2. The Labute approximate surface area is 223 Å². The standard InChI is InChI=1S/C29H32O8S/c1-32-29-28(35-18-22-13-7-3-8-14-22)27(34-17-21-11-5-2-6-12-21)26-24(36-29)19-33-25(37-26)20-38(30,31)23-15-9-4-10-16-23/h2-16,24-29H,17-20H2,1H3. The van der Waals surface area contributed by atoms with Crippen LogP contribution < -0.4 is 0 Å². The Morgan fingerprint density at radius 3 is 1.89 bits per heavy atom. The number of ether oxygens (including phenoxy) is 6. The summed E-state index contributed by atoms with van der Waals surface area (Å²) in [5.41, 5.74) is 1.98. The monoisotopic (exact) mass is 540 g/mol. The first-order valence-electron chi connectivity index (χ1n) is 12.6. The zero-order chi connectivity index (χ0) is 26.4. The van der Waals surface area contributed by atoms with Gasteiger partial charge in [0.1, 0.15) is 30.2 Å². The number of fused-ring (bicyclic) bond motifs is 1. The van der Waals surface area contributed by atoms with Gasteiger partial charge in [0.2, 0.25) is 0 Å². The number of hydrogen-bond donors (Lipinski definition) is 0. The smallest absolute Gasteiger partial charge is 0.186 e. The van der Waals surface area contributed by atoms with E-state index in [1.165, 1.54) is 0 Å². The lowest BCUT2D eigenvalue weighted by Crippen LogP contribution is -2.64. The van der Waals surface area contributed by atoms with Crippen molar-refractivity contribution in [3.63, 3.8) is 0 Å². The average molecular weight is 541 g/mol. The first kappa shape index (κ1) is 27.0. The van der Waals surface area contributed by atoms with Crippen LogP contribution in [0, 0.1) is 0 Å². The molecule has 0 amide bonds. The van der Waals surface area contributed by atoms with Gasteiger partial charge in [-0.25, -0.2) is 8.42 Å². The second-order valence-corrected chi connectivity index (χ2v) is 11.3. The van der Waals surface area contributed by atoms with Gasteiger partial charge in [0.05, 0.1) is 24.7 Å². The highest BCUT2D eigenvalue weighted by Crippen LogP contribution is 2.34. The van der Waals surface area contributed by atoms with E-state index in [2.05, 4.69) is 0 Å². The maximum atomic E-state index is 13.0. The Bertz CT molecular complexity index is 1240. The first-order chi connectivity index (χ1) is 18.5. The molecule has 0 spiro atoms. The Morgan fingerprint density at radius 2 is 1.32 bits per heavy atom. The van der Waals surface area contributed by atoms with Gasteiger partial charge >= 0.3 is 0 Å². The minimum absolute atomic E-state index is 0.135. The molecule has 5 rings (SSSR count). The van der Waals surface area contributed by atoms with Gasteiger partial charge in [0, 0.05) is 7.11 Å². The third-order valence-electron chi connectivity index (χ3n) is 6.61. The summed E-state index contributed by atoms with van der Waals surface area (Å²) in [4.78, 5) is 0.217. The first-order valence-corrected chi connectivity index (χ1v) is 14.2. The van der Waals surface area contributed by atoms with E-state index >= 15 is 0 Å². The normalized spacial score (nSPS) is 27.5. The maximum absolute atomic E-state index is 13.0. The summed E-state index contributed by atoms with van der Waals surface area (Å²) >= 11 is 0. The van der Waals surface area contributed by atoms with Crippen molar-refractivity contribution in [2.75, 3.05) is 19.5 Å². The number of hydrogen-bond acceptors (Lipinski definition) is 8. The summed E-state index contributed by atoms with van der Waals surface area (Å²) in [6.45, 7) is 0.767. The molecule has 0 radical (unpaired) electrons. The quantitative estimate of drug-likeness (QED) is 0.384. The van der Waals surface area contributed by atoms with E-state index in [9.17, 15) is 8.42 Å². The molecule has 202 valence electrons. The van der Waals surface area contributed by atoms with Crippen LogP contribution in [0.5, 0.6) is 0 Å². The van der Waals surface area contributed by atoms with E-state index < -0.39 is 46.8 Å². The van der Waals surface area contributed by atoms with Crippen LogP contribution in [-0.2, 0) is 51.5 Å². The molecular weight excluding hydrogens is 508 g/mol. The molecule has 0 aliphatic carbocycles. The van der Waals surface area contributed by atoms with Crippen LogP contribution in [-0.4, -0.2) is 64.9 Å². The molecule has 6 atom stereocenters. The van der Waals surface area contributed by atoms with Gasteiger partial charge in [0.25, 0.3) is 0 Å². The third kappa shape index (κ3) is 6.50. The zero-order valence-electron chi connectivity index (χ0n) is 21.1. The molecule has 2 aliphatic rings. The highest BCUT2D eigenvalue weighted by Gasteiger charge is 2.51. The van der Waals surface area contributed by atoms with Crippen LogP contribution in [0.2, 0.25) is 0 Å². The molecule has 0 N–H and O–H groups in total. The van der Waals surface area contributed by atoms with E-state index in [0.29, 0.717) is 13.2 Å². The lowest BCUT2D eigenvalue weighted by atomic mass is 9.97. The van der Waals surface area contributed by atoms with Crippen LogP contribution in [0.15, 0.2) is 95.9 Å². The van der Waals surface area contributed by atoms with Gasteiger partial charge in [-0.3, -0.25) is 0 Å². The van der Waals surface area contributed by atoms with Crippen molar-refractivity contribution < 1.29 is 36.8 Å². The summed E-state index contributed by atoms with van der Waals surface area (Å²) in [7, 11) is -2.08. The molecule has 3 aromatic carbocycles. The van der Waals surface area contributed by atoms with Gasteiger partial charge in [-0.2, -0.15) is 0 Å². The van der Waals surface area contributed by atoms with E-state index in [1.54, 1.807) is 37.4 Å². The highest BCUT2D eigenvalue weighted by molar-refractivity contribution is 7.91. The second-order valence-electron chi connectivity index (χ2n) is 9.26. The Hall–Kier alpha value is -2.63. The molecule has 38 heavy (non-hydrogen) atoms. The predicted octanol–water partition coefficient (Wildman–Crippen LogP) is 3.74. The Balaban J connectivity index is 1.36. The summed E-state index contributed by atoms with van der Waals surface area (Å²) in [5.74, 6) is -0.325. The Morgan fingerprint density at radius 1 is 0.763 bits per heavy atom. The Kier molecular flexibility index (Phi) is 8.86. The van der Waals surface area contributed by atoms with Crippen LogP contribution in [0.25, 0.3) is 0 Å². The molecule has 2 saturated heterocycles. The fraction of sp³-hybridized carbons (Fsp3) is 0.379. The number of benzene rings is 3. The van der Waals surface area contributed by atoms with Crippen LogP contribution >= 0.6 is 0 Å². The third-order valence-corrected chi connectivity index (χ3v) is 8.31. The fourth-order valence-corrected chi connectivity index (χ4v) is 5.97. The van der Waals surface area contributed by atoms with E-state index in [1.807, 2.05) is 60.7 Å². The number of rotatable bonds is 10. The van der Waals surface area contributed by atoms with Crippen molar-refractivity contribution in [2.45, 2.75) is 55.1 Å². The van der Waals surface area contributed by atoms with E-state index in [0.717, 1.165) is 11.1 Å². The molecule has 0 bridgehead atoms. The van der Waals surface area contributed by atoms with Crippen molar-refractivity contribution in [1.82, 2.24) is 0 Å². The largest absolute Gasteiger partial charge is 0.368 e. The van der Waals surface area contributed by atoms with Crippen LogP contribution in [0.3, 0.4) is 0 Å². The van der Waals surface area contributed by atoms with Gasteiger partial charge in [-0.1, -0.05) is 78.9 Å². The van der Waals surface area contributed by atoms with Gasteiger partial charge in [-0.15, -0.1) is 0 Å². The predicted molar refractivity (Wildman–Crippen MR) is 139 cm³/mol. The molecule has 3 aromatic rings. The second kappa shape index (κ2) is 12.5. The van der Waals surface area contributed by atoms with Crippen molar-refractivity contribution in [3.8, 4) is 0 Å². The van der Waals surface area contributed by atoms with Crippen molar-refractivity contribution >= 4 is 9.84 Å². The minimum atomic E-state index is -3.63. The topological polar surface area (TPSA) is 89.5 Å². The lowest BCUT2D eigenvalue weighted by molar-refractivity contribution is -0.363. The van der Waals surface area contributed by atoms with Crippen LogP contribution in [0.4, 0.5) is 0 Å². The molecule has 0 aromatic heterocycles. The van der Waals surface area contributed by atoms with Gasteiger partial charge < -0.3 is 28.4 Å². The number of sulfone groups is 1. The SMILES string of the molecule is COC1OC2COC(CS(=O)(=O)c3ccccc3)OC2C(OCc2ccccc2)C1OCc1ccccc1. The maximum Gasteiger partial charge on any atom is 0.186 e. The molecule has 6 unspecified atom stereocenters. The lowest BCUT2D eigenvalue weighted by Gasteiger charge is -2.48. The van der Waals surface area contributed by atoms with E-state index in [-0.39, 0.29) is 17.3 Å². The summed E-state index contributed by atoms with van der Waals surface area (Å²) in [6.07, 6.45) is -4.09. The molecule has 8 nitrogen and oxygen atoms in total. The molecule has 2 aliphatic heterocycles.